The van der Waals surface area contributed by atoms with E-state index in [1.807, 2.05) is 42.5 Å². The molecule has 0 saturated heterocycles. The van der Waals surface area contributed by atoms with Gasteiger partial charge in [-0.1, -0.05) is 30.3 Å². The highest BCUT2D eigenvalue weighted by atomic mass is 16.4. The number of hydrogen-bond donors (Lipinski definition) is 4. The first-order valence-electron chi connectivity index (χ1n) is 8.48. The molecule has 7 heteroatoms. The first kappa shape index (κ1) is 18.0. The standard InChI is InChI=1S/C19H21BN2O4/c21-15-5-3-4-13(10-15)8-9-19(23)22-18(20(24)25)11-14-12-26-17-7-2-1-6-16(14)17/h1-7,10,12,18,24-25H,8-9,11,21H2,(H,22,23). The van der Waals surface area contributed by atoms with Crippen LogP contribution in [0, 0.1) is 0 Å². The fourth-order valence-electron chi connectivity index (χ4n) is 2.94. The van der Waals surface area contributed by atoms with Gasteiger partial charge in [-0.2, -0.15) is 0 Å². The number of carbonyl (C=O) groups is 1. The van der Waals surface area contributed by atoms with Crippen LogP contribution >= 0.6 is 0 Å². The highest BCUT2D eigenvalue weighted by Gasteiger charge is 2.26. The molecular weight excluding hydrogens is 331 g/mol. The Morgan fingerprint density at radius 3 is 2.77 bits per heavy atom. The van der Waals surface area contributed by atoms with Crippen LogP contribution < -0.4 is 11.1 Å². The van der Waals surface area contributed by atoms with E-state index in [1.54, 1.807) is 12.3 Å². The van der Waals surface area contributed by atoms with Crippen LogP contribution in [0.2, 0.25) is 0 Å². The number of furan rings is 1. The summed E-state index contributed by atoms with van der Waals surface area (Å²) in [6, 6.07) is 14.8. The van der Waals surface area contributed by atoms with Gasteiger partial charge in [-0.25, -0.2) is 0 Å². The van der Waals surface area contributed by atoms with Crippen molar-refractivity contribution in [2.45, 2.75) is 25.2 Å². The Morgan fingerprint density at radius 1 is 1.19 bits per heavy atom. The molecule has 1 heterocycles. The SMILES string of the molecule is Nc1cccc(CCC(=O)NC(Cc2coc3ccccc23)B(O)O)c1. The number of para-hydroxylation sites is 1. The van der Waals surface area contributed by atoms with Crippen molar-refractivity contribution < 1.29 is 19.3 Å². The lowest BCUT2D eigenvalue weighted by Crippen LogP contribution is -2.47. The van der Waals surface area contributed by atoms with Crippen molar-refractivity contribution in [2.75, 3.05) is 5.73 Å². The van der Waals surface area contributed by atoms with E-state index in [0.29, 0.717) is 12.1 Å². The van der Waals surface area contributed by atoms with E-state index in [2.05, 4.69) is 5.32 Å². The fourth-order valence-corrected chi connectivity index (χ4v) is 2.94. The van der Waals surface area contributed by atoms with Crippen LogP contribution in [-0.4, -0.2) is 29.0 Å². The Bertz CT molecular complexity index is 894. The Hall–Kier alpha value is -2.77. The largest absolute Gasteiger partial charge is 0.475 e. The van der Waals surface area contributed by atoms with Crippen LogP contribution in [-0.2, 0) is 17.6 Å². The van der Waals surface area contributed by atoms with Gasteiger partial charge < -0.3 is 25.5 Å². The van der Waals surface area contributed by atoms with E-state index in [9.17, 15) is 14.8 Å². The van der Waals surface area contributed by atoms with Gasteiger partial charge in [-0.15, -0.1) is 0 Å². The molecule has 6 nitrogen and oxygen atoms in total. The molecular formula is C19H21BN2O4. The summed E-state index contributed by atoms with van der Waals surface area (Å²) in [5.41, 5.74) is 8.88. The zero-order valence-corrected chi connectivity index (χ0v) is 14.3. The number of amides is 1. The van der Waals surface area contributed by atoms with Crippen molar-refractivity contribution >= 4 is 29.7 Å². The third kappa shape index (κ3) is 4.44. The minimum absolute atomic E-state index is 0.235. The minimum Gasteiger partial charge on any atom is -0.464 e. The lowest BCUT2D eigenvalue weighted by Gasteiger charge is -2.17. The first-order chi connectivity index (χ1) is 12.5. The second-order valence-electron chi connectivity index (χ2n) is 6.29. The van der Waals surface area contributed by atoms with Gasteiger partial charge in [-0.3, -0.25) is 4.79 Å². The number of benzene rings is 2. The maximum atomic E-state index is 12.2. The molecule has 0 saturated carbocycles. The lowest BCUT2D eigenvalue weighted by molar-refractivity contribution is -0.121. The molecule has 0 aliphatic carbocycles. The number of anilines is 1. The summed E-state index contributed by atoms with van der Waals surface area (Å²) in [5.74, 6) is -1.07. The van der Waals surface area contributed by atoms with Crippen molar-refractivity contribution in [3.63, 3.8) is 0 Å². The number of carbonyl (C=O) groups excluding carboxylic acids is 1. The van der Waals surface area contributed by atoms with E-state index in [1.165, 1.54) is 0 Å². The normalized spacial score (nSPS) is 12.1. The van der Waals surface area contributed by atoms with Crippen LogP contribution in [0.4, 0.5) is 5.69 Å². The molecule has 0 bridgehead atoms. The zero-order valence-electron chi connectivity index (χ0n) is 14.3. The van der Waals surface area contributed by atoms with Crippen molar-refractivity contribution in [3.8, 4) is 0 Å². The molecule has 0 aliphatic heterocycles. The van der Waals surface area contributed by atoms with Gasteiger partial charge in [0.25, 0.3) is 0 Å². The summed E-state index contributed by atoms with van der Waals surface area (Å²) in [6.45, 7) is 0. The quantitative estimate of drug-likeness (QED) is 0.382. The molecule has 0 radical (unpaired) electrons. The van der Waals surface area contributed by atoms with Gasteiger partial charge in [0, 0.05) is 17.5 Å². The lowest BCUT2D eigenvalue weighted by atomic mass is 9.76. The minimum atomic E-state index is -1.67. The molecule has 0 aliphatic rings. The molecule has 26 heavy (non-hydrogen) atoms. The molecule has 134 valence electrons. The van der Waals surface area contributed by atoms with E-state index >= 15 is 0 Å². The van der Waals surface area contributed by atoms with Gasteiger partial charge in [0.15, 0.2) is 0 Å². The van der Waals surface area contributed by atoms with Crippen LogP contribution in [0.5, 0.6) is 0 Å². The number of nitrogen functional groups attached to an aromatic ring is 1. The Kier molecular flexibility index (Phi) is 5.60. The summed E-state index contributed by atoms with van der Waals surface area (Å²) >= 11 is 0. The summed E-state index contributed by atoms with van der Waals surface area (Å²) in [5, 5.41) is 22.9. The second kappa shape index (κ2) is 8.08. The van der Waals surface area contributed by atoms with Crippen LogP contribution in [0.1, 0.15) is 17.5 Å². The van der Waals surface area contributed by atoms with Gasteiger partial charge in [0.2, 0.25) is 5.91 Å². The monoisotopic (exact) mass is 352 g/mol. The van der Waals surface area contributed by atoms with Crippen molar-refractivity contribution in [3.05, 3.63) is 65.9 Å². The number of nitrogens with two attached hydrogens (primary N) is 1. The molecule has 1 unspecified atom stereocenters. The molecule has 1 amide bonds. The first-order valence-corrected chi connectivity index (χ1v) is 8.48. The van der Waals surface area contributed by atoms with Gasteiger partial charge >= 0.3 is 7.12 Å². The molecule has 5 N–H and O–H groups in total. The number of rotatable bonds is 7. The van der Waals surface area contributed by atoms with Crippen molar-refractivity contribution in [1.82, 2.24) is 5.32 Å². The predicted octanol–water partition coefficient (Wildman–Crippen LogP) is 1.69. The van der Waals surface area contributed by atoms with Crippen LogP contribution in [0.25, 0.3) is 11.0 Å². The molecule has 0 fully saturated rings. The molecule has 1 aromatic heterocycles. The maximum Gasteiger partial charge on any atom is 0.475 e. The summed E-state index contributed by atoms with van der Waals surface area (Å²) in [4.78, 5) is 12.2. The fraction of sp³-hybridized carbons (Fsp3) is 0.211. The highest BCUT2D eigenvalue weighted by Crippen LogP contribution is 2.22. The maximum absolute atomic E-state index is 12.2. The Labute approximate surface area is 151 Å². The molecule has 1 atom stereocenters. The van der Waals surface area contributed by atoms with E-state index in [-0.39, 0.29) is 18.7 Å². The average molecular weight is 352 g/mol. The summed E-state index contributed by atoms with van der Waals surface area (Å²) < 4.78 is 5.46. The van der Waals surface area contributed by atoms with Gasteiger partial charge in [0.1, 0.15) is 5.58 Å². The Morgan fingerprint density at radius 2 is 2.00 bits per heavy atom. The topological polar surface area (TPSA) is 109 Å². The molecule has 3 rings (SSSR count). The summed E-state index contributed by atoms with van der Waals surface area (Å²) in [7, 11) is -1.67. The van der Waals surface area contributed by atoms with Crippen molar-refractivity contribution in [1.29, 1.82) is 0 Å². The Balaban J connectivity index is 1.62. The average Bonchev–Trinajstić information content (AvgIpc) is 3.02. The summed E-state index contributed by atoms with van der Waals surface area (Å²) in [6.07, 6.45) is 2.61. The van der Waals surface area contributed by atoms with Crippen molar-refractivity contribution in [2.24, 2.45) is 0 Å². The third-order valence-electron chi connectivity index (χ3n) is 4.30. The molecule has 3 aromatic rings. The smallest absolute Gasteiger partial charge is 0.464 e. The second-order valence-corrected chi connectivity index (χ2v) is 6.29. The van der Waals surface area contributed by atoms with Crippen LogP contribution in [0.15, 0.2) is 59.2 Å². The number of hydrogen-bond acceptors (Lipinski definition) is 5. The molecule has 0 spiro atoms. The third-order valence-corrected chi connectivity index (χ3v) is 4.30. The van der Waals surface area contributed by atoms with Gasteiger partial charge in [-0.05, 0) is 42.2 Å². The number of aryl methyl sites for hydroxylation is 1. The van der Waals surface area contributed by atoms with E-state index in [0.717, 1.165) is 22.1 Å². The van der Waals surface area contributed by atoms with E-state index in [4.69, 9.17) is 10.2 Å². The number of fused-ring (bicyclic) bond motifs is 1. The van der Waals surface area contributed by atoms with Gasteiger partial charge in [0.05, 0.1) is 12.2 Å². The van der Waals surface area contributed by atoms with E-state index < -0.39 is 13.1 Å². The molecule has 2 aromatic carbocycles. The highest BCUT2D eigenvalue weighted by molar-refractivity contribution is 6.43. The number of nitrogens with one attached hydrogen (secondary N) is 1. The predicted molar refractivity (Wildman–Crippen MR) is 101 cm³/mol. The van der Waals surface area contributed by atoms with Crippen LogP contribution in [0.3, 0.4) is 0 Å². The zero-order chi connectivity index (χ0) is 18.5.